The second kappa shape index (κ2) is 5.47. The fourth-order valence-corrected chi connectivity index (χ4v) is 2.32. The van der Waals surface area contributed by atoms with E-state index in [0.717, 1.165) is 32.9 Å². The lowest BCUT2D eigenvalue weighted by molar-refractivity contribution is 1.12. The van der Waals surface area contributed by atoms with Gasteiger partial charge in [0, 0.05) is 28.8 Å². The van der Waals surface area contributed by atoms with Crippen molar-refractivity contribution in [3.63, 3.8) is 0 Å². The van der Waals surface area contributed by atoms with E-state index in [9.17, 15) is 0 Å². The number of hydrogen-bond donors (Lipinski definition) is 1. The normalized spacial score (nSPS) is 10.7. The Balaban J connectivity index is 1.88. The lowest BCUT2D eigenvalue weighted by Gasteiger charge is -2.09. The predicted molar refractivity (Wildman–Crippen MR) is 83.1 cm³/mol. The summed E-state index contributed by atoms with van der Waals surface area (Å²) in [5.41, 5.74) is 4.06. The van der Waals surface area contributed by atoms with Crippen LogP contribution in [-0.4, -0.2) is 9.97 Å². The zero-order chi connectivity index (χ0) is 13.9. The molecule has 0 aliphatic heterocycles. The summed E-state index contributed by atoms with van der Waals surface area (Å²) >= 11 is 6.19. The van der Waals surface area contributed by atoms with Gasteiger partial charge in [-0.25, -0.2) is 0 Å². The standard InChI is InChI=1S/C16H14ClN3/c1-11-4-6-13(10-19-11)20-9-12-5-7-15(17)14-3-2-8-18-16(12)14/h2-8,10,20H,9H2,1H3. The summed E-state index contributed by atoms with van der Waals surface area (Å²) in [6, 6.07) is 11.8. The van der Waals surface area contributed by atoms with Gasteiger partial charge in [0.15, 0.2) is 0 Å². The SMILES string of the molecule is Cc1ccc(NCc2ccc(Cl)c3cccnc23)cn1. The third kappa shape index (κ3) is 2.58. The van der Waals surface area contributed by atoms with E-state index < -0.39 is 0 Å². The third-order valence-corrected chi connectivity index (χ3v) is 3.52. The zero-order valence-electron chi connectivity index (χ0n) is 11.1. The highest BCUT2D eigenvalue weighted by atomic mass is 35.5. The van der Waals surface area contributed by atoms with E-state index in [0.29, 0.717) is 6.54 Å². The molecule has 0 aliphatic carbocycles. The van der Waals surface area contributed by atoms with Crippen LogP contribution in [0.3, 0.4) is 0 Å². The average Bonchev–Trinajstić information content (AvgIpc) is 2.49. The quantitative estimate of drug-likeness (QED) is 0.783. The molecule has 0 bridgehead atoms. The van der Waals surface area contributed by atoms with Gasteiger partial charge in [-0.2, -0.15) is 0 Å². The number of aryl methyl sites for hydroxylation is 1. The van der Waals surface area contributed by atoms with Crippen LogP contribution in [0.15, 0.2) is 48.8 Å². The second-order valence-electron chi connectivity index (χ2n) is 4.65. The van der Waals surface area contributed by atoms with Gasteiger partial charge < -0.3 is 5.32 Å². The van der Waals surface area contributed by atoms with Gasteiger partial charge in [-0.05, 0) is 42.8 Å². The molecule has 3 aromatic rings. The summed E-state index contributed by atoms with van der Waals surface area (Å²) < 4.78 is 0. The van der Waals surface area contributed by atoms with Crippen molar-refractivity contribution in [3.8, 4) is 0 Å². The van der Waals surface area contributed by atoms with Gasteiger partial charge in [0.1, 0.15) is 0 Å². The molecule has 4 heteroatoms. The molecule has 0 saturated heterocycles. The molecule has 0 fully saturated rings. The number of rotatable bonds is 3. The van der Waals surface area contributed by atoms with Gasteiger partial charge >= 0.3 is 0 Å². The zero-order valence-corrected chi connectivity index (χ0v) is 11.9. The van der Waals surface area contributed by atoms with Gasteiger partial charge in [0.05, 0.1) is 17.4 Å². The molecular formula is C16H14ClN3. The highest BCUT2D eigenvalue weighted by molar-refractivity contribution is 6.35. The average molecular weight is 284 g/mol. The van der Waals surface area contributed by atoms with E-state index >= 15 is 0 Å². The number of halogens is 1. The van der Waals surface area contributed by atoms with Crippen molar-refractivity contribution < 1.29 is 0 Å². The topological polar surface area (TPSA) is 37.8 Å². The highest BCUT2D eigenvalue weighted by Gasteiger charge is 2.05. The number of aromatic nitrogens is 2. The molecule has 3 rings (SSSR count). The van der Waals surface area contributed by atoms with Gasteiger partial charge in [0.25, 0.3) is 0 Å². The molecule has 2 aromatic heterocycles. The Hall–Kier alpha value is -2.13. The number of anilines is 1. The molecule has 0 saturated carbocycles. The Labute approximate surface area is 122 Å². The van der Waals surface area contributed by atoms with Gasteiger partial charge in [-0.3, -0.25) is 9.97 Å². The molecular weight excluding hydrogens is 270 g/mol. The Morgan fingerprint density at radius 1 is 1.10 bits per heavy atom. The lowest BCUT2D eigenvalue weighted by atomic mass is 10.1. The Bertz CT molecular complexity index is 738. The Kier molecular flexibility index (Phi) is 3.52. The van der Waals surface area contributed by atoms with Crippen LogP contribution in [-0.2, 0) is 6.54 Å². The highest BCUT2D eigenvalue weighted by Crippen LogP contribution is 2.25. The summed E-state index contributed by atoms with van der Waals surface area (Å²) in [6.45, 7) is 2.66. The first kappa shape index (κ1) is 12.9. The summed E-state index contributed by atoms with van der Waals surface area (Å²) in [7, 11) is 0. The maximum absolute atomic E-state index is 6.19. The molecule has 0 spiro atoms. The van der Waals surface area contributed by atoms with Gasteiger partial charge in [0.2, 0.25) is 0 Å². The monoisotopic (exact) mass is 283 g/mol. The van der Waals surface area contributed by atoms with Crippen LogP contribution in [0.2, 0.25) is 5.02 Å². The van der Waals surface area contributed by atoms with Crippen molar-refractivity contribution in [3.05, 3.63) is 65.1 Å². The predicted octanol–water partition coefficient (Wildman–Crippen LogP) is 4.20. The Morgan fingerprint density at radius 3 is 2.80 bits per heavy atom. The first-order valence-corrected chi connectivity index (χ1v) is 6.80. The van der Waals surface area contributed by atoms with Crippen molar-refractivity contribution in [2.24, 2.45) is 0 Å². The van der Waals surface area contributed by atoms with Gasteiger partial charge in [-0.1, -0.05) is 17.7 Å². The minimum Gasteiger partial charge on any atom is -0.380 e. The number of nitrogens with zero attached hydrogens (tertiary/aromatic N) is 2. The molecule has 0 atom stereocenters. The van der Waals surface area contributed by atoms with E-state index in [4.69, 9.17) is 11.6 Å². The van der Waals surface area contributed by atoms with Crippen molar-refractivity contribution in [1.29, 1.82) is 0 Å². The summed E-state index contributed by atoms with van der Waals surface area (Å²) in [4.78, 5) is 8.70. The molecule has 100 valence electrons. The molecule has 0 aliphatic rings. The first-order chi connectivity index (χ1) is 9.74. The van der Waals surface area contributed by atoms with Crippen molar-refractivity contribution in [2.75, 3.05) is 5.32 Å². The van der Waals surface area contributed by atoms with Crippen LogP contribution in [0.5, 0.6) is 0 Å². The first-order valence-electron chi connectivity index (χ1n) is 6.43. The van der Waals surface area contributed by atoms with Crippen LogP contribution in [0.25, 0.3) is 10.9 Å². The number of benzene rings is 1. The van der Waals surface area contributed by atoms with E-state index in [-0.39, 0.29) is 0 Å². The molecule has 1 aromatic carbocycles. The molecule has 20 heavy (non-hydrogen) atoms. The van der Waals surface area contributed by atoms with Crippen LogP contribution >= 0.6 is 11.6 Å². The van der Waals surface area contributed by atoms with Crippen molar-refractivity contribution in [2.45, 2.75) is 13.5 Å². The molecule has 1 N–H and O–H groups in total. The van der Waals surface area contributed by atoms with Crippen molar-refractivity contribution >= 4 is 28.2 Å². The number of nitrogens with one attached hydrogen (secondary N) is 1. The van der Waals surface area contributed by atoms with E-state index in [1.807, 2.05) is 49.5 Å². The molecule has 0 unspecified atom stereocenters. The summed E-state index contributed by atoms with van der Waals surface area (Å²) in [5, 5.41) is 5.07. The lowest BCUT2D eigenvalue weighted by Crippen LogP contribution is -2.01. The Morgan fingerprint density at radius 2 is 2.00 bits per heavy atom. The summed E-state index contributed by atoms with van der Waals surface area (Å²) in [5.74, 6) is 0. The number of fused-ring (bicyclic) bond motifs is 1. The maximum Gasteiger partial charge on any atom is 0.0766 e. The second-order valence-corrected chi connectivity index (χ2v) is 5.06. The largest absolute Gasteiger partial charge is 0.380 e. The van der Waals surface area contributed by atoms with Crippen LogP contribution in [0.1, 0.15) is 11.3 Å². The minimum atomic E-state index is 0.690. The van der Waals surface area contributed by atoms with Crippen molar-refractivity contribution in [1.82, 2.24) is 9.97 Å². The van der Waals surface area contributed by atoms with E-state index in [2.05, 4.69) is 15.3 Å². The molecule has 0 amide bonds. The molecule has 0 radical (unpaired) electrons. The maximum atomic E-state index is 6.19. The molecule has 3 nitrogen and oxygen atoms in total. The third-order valence-electron chi connectivity index (χ3n) is 3.19. The van der Waals surface area contributed by atoms with Gasteiger partial charge in [-0.15, -0.1) is 0 Å². The van der Waals surface area contributed by atoms with E-state index in [1.54, 1.807) is 6.20 Å². The van der Waals surface area contributed by atoms with Crippen LogP contribution in [0.4, 0.5) is 5.69 Å². The van der Waals surface area contributed by atoms with Crippen LogP contribution in [0, 0.1) is 6.92 Å². The fraction of sp³-hybridized carbons (Fsp3) is 0.125. The van der Waals surface area contributed by atoms with E-state index in [1.165, 1.54) is 0 Å². The molecule has 2 heterocycles. The minimum absolute atomic E-state index is 0.690. The smallest absolute Gasteiger partial charge is 0.0766 e. The fourth-order valence-electron chi connectivity index (χ4n) is 2.11. The van der Waals surface area contributed by atoms with Crippen LogP contribution < -0.4 is 5.32 Å². The number of pyridine rings is 2. The number of hydrogen-bond acceptors (Lipinski definition) is 3. The summed E-state index contributed by atoms with van der Waals surface area (Å²) in [6.07, 6.45) is 3.62.